The highest BCUT2D eigenvalue weighted by molar-refractivity contribution is 5.59. The minimum absolute atomic E-state index is 0.219. The Morgan fingerprint density at radius 1 is 1.19 bits per heavy atom. The number of fused-ring (bicyclic) bond motifs is 1. The van der Waals surface area contributed by atoms with E-state index in [1.807, 2.05) is 24.4 Å². The van der Waals surface area contributed by atoms with E-state index in [4.69, 9.17) is 0 Å². The lowest BCUT2D eigenvalue weighted by Crippen LogP contribution is -2.14. The molecule has 0 saturated heterocycles. The first kappa shape index (κ1) is 11.5. The summed E-state index contributed by atoms with van der Waals surface area (Å²) in [5, 5.41) is 6.81. The summed E-state index contributed by atoms with van der Waals surface area (Å²) in [6, 6.07) is 6.92. The van der Waals surface area contributed by atoms with Gasteiger partial charge in [-0.3, -0.25) is 9.89 Å². The van der Waals surface area contributed by atoms with Crippen LogP contribution in [0.1, 0.15) is 0 Å². The molecule has 4 heterocycles. The maximum atomic E-state index is 11.9. The van der Waals surface area contributed by atoms with Gasteiger partial charge in [-0.15, -0.1) is 0 Å². The van der Waals surface area contributed by atoms with Crippen LogP contribution in [0.5, 0.6) is 0 Å². The van der Waals surface area contributed by atoms with Crippen molar-refractivity contribution in [3.05, 3.63) is 59.5 Å². The van der Waals surface area contributed by atoms with Crippen molar-refractivity contribution in [2.45, 2.75) is 0 Å². The van der Waals surface area contributed by atoms with Gasteiger partial charge in [0.15, 0.2) is 5.82 Å². The number of hydrogen-bond acceptors (Lipinski definition) is 5. The summed E-state index contributed by atoms with van der Waals surface area (Å²) in [4.78, 5) is 24.5. The fourth-order valence-electron chi connectivity index (χ4n) is 2.05. The molecule has 0 aromatic carbocycles. The first-order valence-corrected chi connectivity index (χ1v) is 6.21. The van der Waals surface area contributed by atoms with Crippen molar-refractivity contribution in [3.8, 4) is 17.1 Å². The lowest BCUT2D eigenvalue weighted by Gasteiger charge is -2.03. The van der Waals surface area contributed by atoms with Gasteiger partial charge < -0.3 is 0 Å². The van der Waals surface area contributed by atoms with Gasteiger partial charge in [-0.2, -0.15) is 9.61 Å². The van der Waals surface area contributed by atoms with E-state index in [1.54, 1.807) is 17.1 Å². The molecule has 0 aliphatic heterocycles. The SMILES string of the molecule is O=c1cc(-c2ccc(-n3cccn3)nc2)nc2nc[nH]n12. The van der Waals surface area contributed by atoms with E-state index in [1.165, 1.54) is 16.9 Å². The third kappa shape index (κ3) is 1.89. The summed E-state index contributed by atoms with van der Waals surface area (Å²) in [5.74, 6) is 1.02. The third-order valence-electron chi connectivity index (χ3n) is 3.05. The molecule has 0 bridgehead atoms. The van der Waals surface area contributed by atoms with Crippen LogP contribution in [0.2, 0.25) is 0 Å². The summed E-state index contributed by atoms with van der Waals surface area (Å²) < 4.78 is 2.93. The Morgan fingerprint density at radius 2 is 2.14 bits per heavy atom. The smallest absolute Gasteiger partial charge is 0.274 e. The molecule has 0 fully saturated rings. The highest BCUT2D eigenvalue weighted by Gasteiger charge is 2.07. The molecule has 0 aliphatic carbocycles. The van der Waals surface area contributed by atoms with Crippen LogP contribution in [0.4, 0.5) is 0 Å². The van der Waals surface area contributed by atoms with Gasteiger partial charge >= 0.3 is 0 Å². The van der Waals surface area contributed by atoms with Crippen LogP contribution >= 0.6 is 0 Å². The van der Waals surface area contributed by atoms with Crippen molar-refractivity contribution in [2.75, 3.05) is 0 Å². The quantitative estimate of drug-likeness (QED) is 0.582. The molecule has 0 unspecified atom stereocenters. The largest absolute Gasteiger partial charge is 0.278 e. The second-order valence-electron chi connectivity index (χ2n) is 4.36. The van der Waals surface area contributed by atoms with E-state index in [0.29, 0.717) is 17.3 Å². The van der Waals surface area contributed by atoms with Crippen molar-refractivity contribution in [3.63, 3.8) is 0 Å². The Balaban J connectivity index is 1.80. The van der Waals surface area contributed by atoms with Gasteiger partial charge in [0.1, 0.15) is 6.33 Å². The summed E-state index contributed by atoms with van der Waals surface area (Å²) in [6.07, 6.45) is 6.57. The van der Waals surface area contributed by atoms with Crippen molar-refractivity contribution in [1.82, 2.24) is 34.3 Å². The Labute approximate surface area is 117 Å². The second kappa shape index (κ2) is 4.37. The molecular formula is C13H9N7O. The molecule has 4 aromatic heterocycles. The molecule has 1 N–H and O–H groups in total. The molecule has 0 saturated carbocycles. The minimum atomic E-state index is -0.219. The first-order chi connectivity index (χ1) is 10.3. The van der Waals surface area contributed by atoms with E-state index in [0.717, 1.165) is 5.56 Å². The molecule has 0 radical (unpaired) electrons. The number of aromatic amines is 1. The van der Waals surface area contributed by atoms with Gasteiger partial charge in [0.05, 0.1) is 5.69 Å². The van der Waals surface area contributed by atoms with E-state index >= 15 is 0 Å². The Bertz CT molecular complexity index is 950. The number of H-pyrrole nitrogens is 1. The van der Waals surface area contributed by atoms with E-state index in [9.17, 15) is 4.79 Å². The fourth-order valence-corrected chi connectivity index (χ4v) is 2.05. The van der Waals surface area contributed by atoms with Crippen LogP contribution in [0, 0.1) is 0 Å². The van der Waals surface area contributed by atoms with Gasteiger partial charge in [-0.1, -0.05) is 0 Å². The van der Waals surface area contributed by atoms with Crippen molar-refractivity contribution in [1.29, 1.82) is 0 Å². The normalized spacial score (nSPS) is 11.0. The molecule has 4 aromatic rings. The molecule has 0 aliphatic rings. The van der Waals surface area contributed by atoms with Crippen molar-refractivity contribution in [2.24, 2.45) is 0 Å². The van der Waals surface area contributed by atoms with E-state index < -0.39 is 0 Å². The lowest BCUT2D eigenvalue weighted by molar-refractivity contribution is 0.847. The molecule has 0 spiro atoms. The molecule has 8 nitrogen and oxygen atoms in total. The fraction of sp³-hybridized carbons (Fsp3) is 0. The van der Waals surface area contributed by atoms with Crippen LogP contribution < -0.4 is 5.56 Å². The average molecular weight is 279 g/mol. The van der Waals surface area contributed by atoms with Gasteiger partial charge in [-0.05, 0) is 18.2 Å². The Kier molecular flexibility index (Phi) is 2.40. The first-order valence-electron chi connectivity index (χ1n) is 6.21. The predicted molar refractivity (Wildman–Crippen MR) is 74.0 cm³/mol. The number of nitrogens with one attached hydrogen (secondary N) is 1. The molecule has 21 heavy (non-hydrogen) atoms. The number of hydrogen-bond donors (Lipinski definition) is 1. The Morgan fingerprint density at radius 3 is 2.90 bits per heavy atom. The molecule has 4 rings (SSSR count). The zero-order valence-corrected chi connectivity index (χ0v) is 10.7. The van der Waals surface area contributed by atoms with Gasteiger partial charge in [-0.25, -0.2) is 19.6 Å². The summed E-state index contributed by atoms with van der Waals surface area (Å²) in [6.45, 7) is 0. The zero-order valence-electron chi connectivity index (χ0n) is 10.7. The topological polar surface area (TPSA) is 93.8 Å². The predicted octanol–water partition coefficient (Wildman–Crippen LogP) is 0.665. The summed E-state index contributed by atoms with van der Waals surface area (Å²) in [7, 11) is 0. The monoisotopic (exact) mass is 279 g/mol. The molecule has 102 valence electrons. The minimum Gasteiger partial charge on any atom is -0.278 e. The van der Waals surface area contributed by atoms with E-state index in [-0.39, 0.29) is 5.56 Å². The second-order valence-corrected chi connectivity index (χ2v) is 4.36. The Hall–Kier alpha value is -3.29. The number of pyridine rings is 1. The van der Waals surface area contributed by atoms with Crippen LogP contribution in [0.15, 0.2) is 54.0 Å². The van der Waals surface area contributed by atoms with Crippen LogP contribution in [-0.4, -0.2) is 34.3 Å². The standard InChI is InChI=1S/C13H9N7O/c21-12-6-10(18-13-15-8-17-20(12)13)9-2-3-11(14-7-9)19-5-1-4-16-19/h1-8H,(H,15,17,18). The van der Waals surface area contributed by atoms with Gasteiger partial charge in [0, 0.05) is 30.2 Å². The van der Waals surface area contributed by atoms with E-state index in [2.05, 4.69) is 25.1 Å². The number of aromatic nitrogens is 7. The van der Waals surface area contributed by atoms with Crippen LogP contribution in [0.25, 0.3) is 22.9 Å². The highest BCUT2D eigenvalue weighted by atomic mass is 16.1. The third-order valence-corrected chi connectivity index (χ3v) is 3.05. The summed E-state index contributed by atoms with van der Waals surface area (Å²) in [5.41, 5.74) is 1.06. The number of rotatable bonds is 2. The van der Waals surface area contributed by atoms with Gasteiger partial charge in [0.25, 0.3) is 11.3 Å². The van der Waals surface area contributed by atoms with Crippen molar-refractivity contribution < 1.29 is 0 Å². The number of nitrogens with zero attached hydrogens (tertiary/aromatic N) is 6. The molecule has 0 atom stereocenters. The lowest BCUT2D eigenvalue weighted by atomic mass is 10.2. The van der Waals surface area contributed by atoms with Crippen LogP contribution in [0.3, 0.4) is 0 Å². The summed E-state index contributed by atoms with van der Waals surface area (Å²) >= 11 is 0. The zero-order chi connectivity index (χ0) is 14.2. The average Bonchev–Trinajstić information content (AvgIpc) is 3.19. The maximum absolute atomic E-state index is 11.9. The molecule has 0 amide bonds. The van der Waals surface area contributed by atoms with Crippen molar-refractivity contribution >= 4 is 5.78 Å². The molecular weight excluding hydrogens is 270 g/mol. The van der Waals surface area contributed by atoms with Gasteiger partial charge in [0.2, 0.25) is 0 Å². The maximum Gasteiger partial charge on any atom is 0.274 e. The molecule has 8 heteroatoms. The van der Waals surface area contributed by atoms with Crippen LogP contribution in [-0.2, 0) is 0 Å². The highest BCUT2D eigenvalue weighted by Crippen LogP contribution is 2.15.